The molecular formula is C35H41N5O4S. The van der Waals surface area contributed by atoms with Crippen molar-refractivity contribution in [2.24, 2.45) is 7.05 Å². The average molecular weight is 628 g/mol. The molecule has 0 unspecified atom stereocenters. The quantitative estimate of drug-likeness (QED) is 0.272. The summed E-state index contributed by atoms with van der Waals surface area (Å²) in [4.78, 5) is 33.1. The first-order valence-corrected chi connectivity index (χ1v) is 17.0. The molecule has 1 aliphatic rings. The minimum atomic E-state index is -2.91. The lowest BCUT2D eigenvalue weighted by Gasteiger charge is -2.26. The van der Waals surface area contributed by atoms with Crippen LogP contribution in [0.2, 0.25) is 0 Å². The summed E-state index contributed by atoms with van der Waals surface area (Å²) < 4.78 is 25.0. The van der Waals surface area contributed by atoms with Gasteiger partial charge in [-0.15, -0.1) is 0 Å². The zero-order chi connectivity index (χ0) is 32.4. The van der Waals surface area contributed by atoms with Crippen molar-refractivity contribution in [1.29, 1.82) is 0 Å². The Morgan fingerprint density at radius 1 is 0.978 bits per heavy atom. The van der Waals surface area contributed by atoms with Crippen LogP contribution in [-0.2, 0) is 28.7 Å². The zero-order valence-corrected chi connectivity index (χ0v) is 27.4. The molecule has 10 heteroatoms. The van der Waals surface area contributed by atoms with Crippen molar-refractivity contribution >= 4 is 32.9 Å². The van der Waals surface area contributed by atoms with Crippen LogP contribution in [0.1, 0.15) is 47.8 Å². The molecule has 0 aliphatic carbocycles. The second-order valence-electron chi connectivity index (χ2n) is 12.7. The Morgan fingerprint density at radius 3 is 2.36 bits per heavy atom. The van der Waals surface area contributed by atoms with Crippen LogP contribution in [-0.4, -0.2) is 59.9 Å². The van der Waals surface area contributed by atoms with E-state index in [-0.39, 0.29) is 34.2 Å². The molecule has 5 rings (SSSR count). The maximum absolute atomic E-state index is 13.1. The Labute approximate surface area is 265 Å². The molecule has 0 saturated carbocycles. The summed E-state index contributed by atoms with van der Waals surface area (Å²) in [5, 5.41) is 6.25. The number of carbonyl (C=O) groups excluding carboxylic acids is 1. The molecule has 236 valence electrons. The highest BCUT2D eigenvalue weighted by atomic mass is 32.2. The lowest BCUT2D eigenvalue weighted by atomic mass is 9.86. The second-order valence-corrected chi connectivity index (χ2v) is 15.0. The number of hydrogen-bond acceptors (Lipinski definition) is 7. The molecule has 0 spiro atoms. The molecule has 45 heavy (non-hydrogen) atoms. The zero-order valence-electron chi connectivity index (χ0n) is 26.6. The number of aryl methyl sites for hydroxylation is 1. The number of hydrogen-bond donors (Lipinski definition) is 2. The van der Waals surface area contributed by atoms with Gasteiger partial charge in [0.1, 0.15) is 0 Å². The summed E-state index contributed by atoms with van der Waals surface area (Å²) in [5.41, 5.74) is 6.19. The van der Waals surface area contributed by atoms with Gasteiger partial charge in [0, 0.05) is 55.4 Å². The maximum atomic E-state index is 13.1. The van der Waals surface area contributed by atoms with E-state index in [2.05, 4.69) is 36.3 Å². The molecule has 1 saturated heterocycles. The summed E-state index contributed by atoms with van der Waals surface area (Å²) in [6.07, 6.45) is 2.46. The van der Waals surface area contributed by atoms with Gasteiger partial charge >= 0.3 is 0 Å². The molecule has 3 aromatic carbocycles. The fraction of sp³-hybridized carbons (Fsp3) is 0.343. The van der Waals surface area contributed by atoms with Crippen LogP contribution in [0, 0.1) is 6.92 Å². The van der Waals surface area contributed by atoms with E-state index in [1.807, 2.05) is 73.7 Å². The SMILES string of the molecule is Cc1c(NC(=O)c2ccc(C(C)(C)C)cc2)cccc1-c1cn(C)c(=O)c(Nc2cccc(CCN3CCS(=O)(=O)CC3)c2)n1. The van der Waals surface area contributed by atoms with E-state index in [1.54, 1.807) is 13.2 Å². The Morgan fingerprint density at radius 2 is 1.67 bits per heavy atom. The van der Waals surface area contributed by atoms with Gasteiger partial charge in [-0.1, -0.05) is 57.2 Å². The van der Waals surface area contributed by atoms with Crippen molar-refractivity contribution < 1.29 is 13.2 Å². The third kappa shape index (κ3) is 7.87. The van der Waals surface area contributed by atoms with E-state index in [1.165, 1.54) is 4.57 Å². The van der Waals surface area contributed by atoms with E-state index >= 15 is 0 Å². The summed E-state index contributed by atoms with van der Waals surface area (Å²) in [5.74, 6) is 0.415. The van der Waals surface area contributed by atoms with Crippen LogP contribution in [0.25, 0.3) is 11.3 Å². The van der Waals surface area contributed by atoms with Crippen LogP contribution in [0.3, 0.4) is 0 Å². The van der Waals surface area contributed by atoms with Gasteiger partial charge in [-0.25, -0.2) is 13.4 Å². The molecule has 1 fully saturated rings. The van der Waals surface area contributed by atoms with Crippen LogP contribution in [0.15, 0.2) is 77.7 Å². The predicted molar refractivity (Wildman–Crippen MR) is 181 cm³/mol. The maximum Gasteiger partial charge on any atom is 0.293 e. The first-order chi connectivity index (χ1) is 21.3. The lowest BCUT2D eigenvalue weighted by Crippen LogP contribution is -2.41. The smallest absolute Gasteiger partial charge is 0.293 e. The largest absolute Gasteiger partial charge is 0.336 e. The van der Waals surface area contributed by atoms with Crippen LogP contribution in [0.5, 0.6) is 0 Å². The van der Waals surface area contributed by atoms with Crippen molar-refractivity contribution in [2.45, 2.75) is 39.5 Å². The molecule has 1 aliphatic heterocycles. The Bertz CT molecular complexity index is 1860. The molecule has 2 heterocycles. The van der Waals surface area contributed by atoms with Gasteiger partial charge in [-0.2, -0.15) is 0 Å². The number of carbonyl (C=O) groups is 1. The van der Waals surface area contributed by atoms with Crippen molar-refractivity contribution in [3.63, 3.8) is 0 Å². The van der Waals surface area contributed by atoms with Gasteiger partial charge in [0.05, 0.1) is 17.2 Å². The van der Waals surface area contributed by atoms with Crippen LogP contribution in [0.4, 0.5) is 17.2 Å². The molecule has 9 nitrogen and oxygen atoms in total. The van der Waals surface area contributed by atoms with Crippen molar-refractivity contribution in [1.82, 2.24) is 14.5 Å². The summed E-state index contributed by atoms with van der Waals surface area (Å²) in [6, 6.07) is 21.1. The third-order valence-electron chi connectivity index (χ3n) is 8.29. The highest BCUT2D eigenvalue weighted by molar-refractivity contribution is 7.91. The molecular weight excluding hydrogens is 586 g/mol. The van der Waals surface area contributed by atoms with Crippen molar-refractivity contribution in [3.05, 3.63) is 106 Å². The molecule has 0 atom stereocenters. The van der Waals surface area contributed by atoms with E-state index in [4.69, 9.17) is 4.98 Å². The first-order valence-electron chi connectivity index (χ1n) is 15.2. The van der Waals surface area contributed by atoms with E-state index in [0.717, 1.165) is 40.9 Å². The average Bonchev–Trinajstić information content (AvgIpc) is 2.99. The van der Waals surface area contributed by atoms with Gasteiger partial charge in [0.2, 0.25) is 0 Å². The third-order valence-corrected chi connectivity index (χ3v) is 9.89. The number of nitrogens with zero attached hydrogens (tertiary/aromatic N) is 3. The van der Waals surface area contributed by atoms with Gasteiger partial charge < -0.3 is 20.1 Å². The summed E-state index contributed by atoms with van der Waals surface area (Å²) in [7, 11) is -1.22. The fourth-order valence-electron chi connectivity index (χ4n) is 5.38. The summed E-state index contributed by atoms with van der Waals surface area (Å²) >= 11 is 0. The predicted octanol–water partition coefficient (Wildman–Crippen LogP) is 5.32. The molecule has 1 aromatic heterocycles. The van der Waals surface area contributed by atoms with Crippen molar-refractivity contribution in [2.75, 3.05) is 41.8 Å². The highest BCUT2D eigenvalue weighted by Crippen LogP contribution is 2.29. The molecule has 2 N–H and O–H groups in total. The molecule has 0 bridgehead atoms. The minimum Gasteiger partial charge on any atom is -0.336 e. The Kier molecular flexibility index (Phi) is 9.27. The summed E-state index contributed by atoms with van der Waals surface area (Å²) in [6.45, 7) is 10.2. The van der Waals surface area contributed by atoms with Gasteiger partial charge in [0.25, 0.3) is 11.5 Å². The van der Waals surface area contributed by atoms with E-state index in [9.17, 15) is 18.0 Å². The monoisotopic (exact) mass is 627 g/mol. The molecule has 1 amide bonds. The van der Waals surface area contributed by atoms with Crippen LogP contribution >= 0.6 is 0 Å². The molecule has 0 radical (unpaired) electrons. The standard InChI is InChI=1S/C35H41N5O4S/c1-24-29(10-7-11-30(24)38-33(41)26-12-14-27(15-13-26)35(2,3)4)31-23-39(5)34(42)32(37-31)36-28-9-6-8-25(22-28)16-17-40-18-20-45(43,44)21-19-40/h6-15,22-23H,16-21H2,1-5H3,(H,36,37)(H,38,41). The lowest BCUT2D eigenvalue weighted by molar-refractivity contribution is 0.102. The Balaban J connectivity index is 1.32. The number of benzene rings is 3. The molecule has 4 aromatic rings. The van der Waals surface area contributed by atoms with E-state index < -0.39 is 9.84 Å². The van der Waals surface area contributed by atoms with Crippen LogP contribution < -0.4 is 16.2 Å². The van der Waals surface area contributed by atoms with Crippen molar-refractivity contribution in [3.8, 4) is 11.3 Å². The number of sulfone groups is 1. The first kappa shape index (κ1) is 32.1. The van der Waals surface area contributed by atoms with Gasteiger partial charge in [-0.3, -0.25) is 9.59 Å². The highest BCUT2D eigenvalue weighted by Gasteiger charge is 2.21. The number of anilines is 3. The normalized spacial score (nSPS) is 15.0. The number of aromatic nitrogens is 2. The number of amides is 1. The number of nitrogens with one attached hydrogen (secondary N) is 2. The topological polar surface area (TPSA) is 113 Å². The van der Waals surface area contributed by atoms with E-state index in [0.29, 0.717) is 30.0 Å². The second kappa shape index (κ2) is 13.0. The fourth-order valence-corrected chi connectivity index (χ4v) is 6.66. The Hall–Kier alpha value is -4.28. The van der Waals surface area contributed by atoms with Gasteiger partial charge in [0.15, 0.2) is 15.7 Å². The minimum absolute atomic E-state index is 0.00104. The number of rotatable bonds is 8. The van der Waals surface area contributed by atoms with Gasteiger partial charge in [-0.05, 0) is 65.8 Å².